The third-order valence-corrected chi connectivity index (χ3v) is 1.94. The number of carbonyl (C=O) groups is 1. The maximum absolute atomic E-state index is 10.7. The van der Waals surface area contributed by atoms with Crippen molar-refractivity contribution in [2.75, 3.05) is 0 Å². The van der Waals surface area contributed by atoms with E-state index in [4.69, 9.17) is 5.26 Å². The molecule has 0 aromatic heterocycles. The minimum atomic E-state index is -0.601. The molecule has 1 aromatic carbocycles. The fraction of sp³-hybridized carbons (Fsp3) is 0.300. The van der Waals surface area contributed by atoms with Crippen LogP contribution in [0.25, 0.3) is 0 Å². The summed E-state index contributed by atoms with van der Waals surface area (Å²) in [6.45, 7) is 1.91. The monoisotopic (exact) mass is 180 g/mol. The zero-order chi connectivity index (χ0) is 9.68. The Morgan fingerprint density at radius 3 is 2.62 bits per heavy atom. The molecule has 0 fully saturated rings. The maximum atomic E-state index is 10.7. The fourth-order valence-electron chi connectivity index (χ4n) is 1.19. The number of carbonyl (C=O) groups excluding carboxylic acids is 1. The van der Waals surface area contributed by atoms with Crippen LogP contribution < -0.4 is 0 Å². The molecule has 0 radical (unpaired) electrons. The van der Waals surface area contributed by atoms with Crippen molar-refractivity contribution in [1.82, 2.24) is 0 Å². The Morgan fingerprint density at radius 1 is 1.46 bits per heavy atom. The first-order valence-electron chi connectivity index (χ1n) is 4.13. The van der Waals surface area contributed by atoms with Gasteiger partial charge in [-0.2, -0.15) is 5.26 Å². The van der Waals surface area contributed by atoms with Crippen molar-refractivity contribution in [1.29, 1.82) is 0 Å². The molecule has 0 bridgehead atoms. The van der Waals surface area contributed by atoms with E-state index in [-0.39, 0.29) is 12.3 Å². The molecule has 0 unspecified atom stereocenters. The molecule has 3 heteroatoms. The molecule has 1 aromatic rings. The van der Waals surface area contributed by atoms with E-state index in [0.29, 0.717) is 0 Å². The molecule has 70 valence electrons. The van der Waals surface area contributed by atoms with E-state index in [9.17, 15) is 4.79 Å². The Morgan fingerprint density at radius 2 is 2.08 bits per heavy atom. The first-order chi connectivity index (χ1) is 6.24. The molecule has 13 heavy (non-hydrogen) atoms. The van der Waals surface area contributed by atoms with E-state index < -0.39 is 5.97 Å². The van der Waals surface area contributed by atoms with Gasteiger partial charge in [-0.3, -0.25) is 0 Å². The predicted octanol–water partition coefficient (Wildman–Crippen LogP) is 2.20. The van der Waals surface area contributed by atoms with E-state index in [1.807, 2.05) is 37.3 Å². The Balaban J connectivity index is 2.59. The lowest BCUT2D eigenvalue weighted by Gasteiger charge is -2.08. The van der Waals surface area contributed by atoms with Crippen LogP contribution in [-0.4, -0.2) is 11.2 Å². The average molecular weight is 180 g/mol. The Bertz CT molecular complexity index is 269. The van der Waals surface area contributed by atoms with Crippen molar-refractivity contribution >= 4 is 5.97 Å². The summed E-state index contributed by atoms with van der Waals surface area (Å²) in [5.41, 5.74) is 1.06. The quantitative estimate of drug-likeness (QED) is 0.573. The van der Waals surface area contributed by atoms with E-state index in [1.54, 1.807) is 0 Å². The van der Waals surface area contributed by atoms with Crippen molar-refractivity contribution in [3.05, 3.63) is 35.9 Å². The lowest BCUT2D eigenvalue weighted by molar-refractivity contribution is -0.234. The highest BCUT2D eigenvalue weighted by molar-refractivity contribution is 5.69. The third kappa shape index (κ3) is 2.87. The molecule has 0 aliphatic heterocycles. The van der Waals surface area contributed by atoms with Crippen LogP contribution in [0, 0.1) is 0 Å². The summed E-state index contributed by atoms with van der Waals surface area (Å²) in [6.07, 6.45) is 0.195. The molecule has 3 nitrogen and oxygen atoms in total. The minimum Gasteiger partial charge on any atom is -0.301 e. The van der Waals surface area contributed by atoms with Crippen molar-refractivity contribution in [2.24, 2.45) is 0 Å². The van der Waals surface area contributed by atoms with Gasteiger partial charge in [-0.05, 0) is 11.5 Å². The SMILES string of the molecule is C[C@H](CC(=O)OO)c1ccccc1. The zero-order valence-electron chi connectivity index (χ0n) is 7.43. The van der Waals surface area contributed by atoms with Gasteiger partial charge in [0.1, 0.15) is 0 Å². The summed E-state index contributed by atoms with van der Waals surface area (Å²) in [7, 11) is 0. The van der Waals surface area contributed by atoms with Gasteiger partial charge in [-0.1, -0.05) is 37.3 Å². The van der Waals surface area contributed by atoms with Crippen molar-refractivity contribution in [2.45, 2.75) is 19.3 Å². The summed E-state index contributed by atoms with van der Waals surface area (Å²) in [6, 6.07) is 9.62. The van der Waals surface area contributed by atoms with Gasteiger partial charge in [0.15, 0.2) is 0 Å². The van der Waals surface area contributed by atoms with Gasteiger partial charge in [-0.25, -0.2) is 4.79 Å². The highest BCUT2D eigenvalue weighted by atomic mass is 17.1. The van der Waals surface area contributed by atoms with E-state index in [2.05, 4.69) is 4.89 Å². The first kappa shape index (κ1) is 9.74. The van der Waals surface area contributed by atoms with Gasteiger partial charge in [0.05, 0.1) is 6.42 Å². The second-order valence-corrected chi connectivity index (χ2v) is 2.98. The highest BCUT2D eigenvalue weighted by Crippen LogP contribution is 2.18. The Hall–Kier alpha value is -1.35. The summed E-state index contributed by atoms with van der Waals surface area (Å²) >= 11 is 0. The zero-order valence-corrected chi connectivity index (χ0v) is 7.43. The summed E-state index contributed by atoms with van der Waals surface area (Å²) in [5, 5.41) is 8.08. The largest absolute Gasteiger partial charge is 0.342 e. The first-order valence-corrected chi connectivity index (χ1v) is 4.13. The Kier molecular flexibility index (Phi) is 3.46. The average Bonchev–Trinajstić information content (AvgIpc) is 2.19. The Labute approximate surface area is 76.9 Å². The molecule has 0 saturated carbocycles. The molecule has 1 rings (SSSR count). The molecule has 0 amide bonds. The van der Waals surface area contributed by atoms with E-state index >= 15 is 0 Å². The van der Waals surface area contributed by atoms with Crippen LogP contribution in [-0.2, 0) is 9.68 Å². The van der Waals surface area contributed by atoms with Crippen molar-refractivity contribution in [3.8, 4) is 0 Å². The maximum Gasteiger partial charge on any atom is 0.342 e. The van der Waals surface area contributed by atoms with Crippen LogP contribution in [0.15, 0.2) is 30.3 Å². The highest BCUT2D eigenvalue weighted by Gasteiger charge is 2.11. The van der Waals surface area contributed by atoms with Crippen molar-refractivity contribution < 1.29 is 14.9 Å². The molecular formula is C10H12O3. The predicted molar refractivity (Wildman–Crippen MR) is 48.2 cm³/mol. The molecule has 0 spiro atoms. The van der Waals surface area contributed by atoms with Gasteiger partial charge < -0.3 is 4.89 Å². The number of benzene rings is 1. The van der Waals surface area contributed by atoms with Gasteiger partial charge >= 0.3 is 5.97 Å². The molecular weight excluding hydrogens is 168 g/mol. The summed E-state index contributed by atoms with van der Waals surface area (Å²) < 4.78 is 0. The van der Waals surface area contributed by atoms with E-state index in [0.717, 1.165) is 5.56 Å². The van der Waals surface area contributed by atoms with Crippen LogP contribution in [0.3, 0.4) is 0 Å². The van der Waals surface area contributed by atoms with Gasteiger partial charge in [0, 0.05) is 0 Å². The number of hydrogen-bond donors (Lipinski definition) is 1. The number of rotatable bonds is 3. The lowest BCUT2D eigenvalue weighted by Crippen LogP contribution is -2.06. The smallest absolute Gasteiger partial charge is 0.301 e. The van der Waals surface area contributed by atoms with Crippen molar-refractivity contribution in [3.63, 3.8) is 0 Å². The van der Waals surface area contributed by atoms with Crippen LogP contribution in [0.1, 0.15) is 24.8 Å². The van der Waals surface area contributed by atoms with Crippen LogP contribution >= 0.6 is 0 Å². The molecule has 0 aliphatic carbocycles. The third-order valence-electron chi connectivity index (χ3n) is 1.94. The van der Waals surface area contributed by atoms with Crippen LogP contribution in [0.4, 0.5) is 0 Å². The van der Waals surface area contributed by atoms with Crippen LogP contribution in [0.2, 0.25) is 0 Å². The van der Waals surface area contributed by atoms with Crippen LogP contribution in [0.5, 0.6) is 0 Å². The number of hydrogen-bond acceptors (Lipinski definition) is 3. The lowest BCUT2D eigenvalue weighted by atomic mass is 9.98. The molecule has 1 N–H and O–H groups in total. The summed E-state index contributed by atoms with van der Waals surface area (Å²) in [4.78, 5) is 14.3. The minimum absolute atomic E-state index is 0.0702. The second-order valence-electron chi connectivity index (χ2n) is 2.98. The molecule has 1 atom stereocenters. The van der Waals surface area contributed by atoms with Gasteiger partial charge in [-0.15, -0.1) is 0 Å². The molecule has 0 heterocycles. The molecule has 0 aliphatic rings. The summed E-state index contributed by atoms with van der Waals surface area (Å²) in [5.74, 6) is -0.530. The van der Waals surface area contributed by atoms with E-state index in [1.165, 1.54) is 0 Å². The fourth-order valence-corrected chi connectivity index (χ4v) is 1.19. The normalized spacial score (nSPS) is 12.2. The standard InChI is InChI=1S/C10H12O3/c1-8(7-10(11)13-12)9-5-3-2-4-6-9/h2-6,8,12H,7H2,1H3/t8-/m1/s1. The van der Waals surface area contributed by atoms with Gasteiger partial charge in [0.25, 0.3) is 0 Å². The molecule has 0 saturated heterocycles. The second kappa shape index (κ2) is 4.62. The topological polar surface area (TPSA) is 46.5 Å². The van der Waals surface area contributed by atoms with Gasteiger partial charge in [0.2, 0.25) is 0 Å².